The number of pyridine rings is 1. The summed E-state index contributed by atoms with van der Waals surface area (Å²) in [6.07, 6.45) is 1.83. The number of carbonyl (C=O) groups excluding carboxylic acids is 1. The average molecular weight is 570 g/mol. The van der Waals surface area contributed by atoms with Gasteiger partial charge in [-0.2, -0.15) is 5.26 Å². The number of rotatable bonds is 6. The molecule has 6 rings (SSSR count). The Hall–Kier alpha value is -4.33. The smallest absolute Gasteiger partial charge is 0.337 e. The highest BCUT2D eigenvalue weighted by Crippen LogP contribution is 2.36. The van der Waals surface area contributed by atoms with Gasteiger partial charge in [0.05, 0.1) is 60.6 Å². The minimum absolute atomic E-state index is 0.00479. The number of esters is 1. The standard InChI is InChI=1S/C32H32FN5O4/c1-20-17-41-19-29(31-36-27-9-8-23(32(39)40-2)15-28(27)38(20)31)37-12-10-22(11-13-37)26-4-3-5-30(35-26)42-18-24-7-6-21(16-34)14-25(24)33/h3-9,14-15,20,22,29H,10-13,17-19H2,1-2H3/t20-,29-/m0/s1. The minimum Gasteiger partial charge on any atom is -0.473 e. The zero-order valence-corrected chi connectivity index (χ0v) is 23.6. The zero-order chi connectivity index (χ0) is 29.2. The van der Waals surface area contributed by atoms with Crippen LogP contribution in [0.5, 0.6) is 5.88 Å². The summed E-state index contributed by atoms with van der Waals surface area (Å²) in [6, 6.07) is 17.6. The van der Waals surface area contributed by atoms with Crippen molar-refractivity contribution in [3.05, 3.63) is 88.6 Å². The second kappa shape index (κ2) is 11.9. The highest BCUT2D eigenvalue weighted by molar-refractivity contribution is 5.93. The van der Waals surface area contributed by atoms with E-state index < -0.39 is 5.82 Å². The van der Waals surface area contributed by atoms with Crippen LogP contribution in [0.25, 0.3) is 11.0 Å². The second-order valence-corrected chi connectivity index (χ2v) is 10.9. The molecule has 0 aliphatic carbocycles. The number of aromatic nitrogens is 3. The van der Waals surface area contributed by atoms with Crippen molar-refractivity contribution in [3.63, 3.8) is 0 Å². The molecule has 2 aromatic heterocycles. The fourth-order valence-corrected chi connectivity index (χ4v) is 5.95. The number of fused-ring (bicyclic) bond motifs is 3. The van der Waals surface area contributed by atoms with E-state index in [0.29, 0.717) is 30.2 Å². The number of likely N-dealkylation sites (tertiary alicyclic amines) is 1. The van der Waals surface area contributed by atoms with E-state index in [4.69, 9.17) is 29.4 Å². The van der Waals surface area contributed by atoms with E-state index in [9.17, 15) is 9.18 Å². The Balaban J connectivity index is 1.15. The van der Waals surface area contributed by atoms with E-state index in [1.807, 2.05) is 30.3 Å². The van der Waals surface area contributed by atoms with E-state index in [2.05, 4.69) is 16.4 Å². The number of nitrogens with zero attached hydrogens (tertiary/aromatic N) is 5. The van der Waals surface area contributed by atoms with Gasteiger partial charge in [0.2, 0.25) is 5.88 Å². The second-order valence-electron chi connectivity index (χ2n) is 10.9. The van der Waals surface area contributed by atoms with Crippen molar-refractivity contribution >= 4 is 17.0 Å². The lowest BCUT2D eigenvalue weighted by Gasteiger charge is -2.36. The van der Waals surface area contributed by atoms with Crippen LogP contribution in [0.1, 0.15) is 70.8 Å². The Kier molecular flexibility index (Phi) is 7.87. The first-order chi connectivity index (χ1) is 20.4. The number of piperidine rings is 1. The quantitative estimate of drug-likeness (QED) is 0.288. The minimum atomic E-state index is -0.466. The van der Waals surface area contributed by atoms with E-state index in [0.717, 1.165) is 48.5 Å². The SMILES string of the molecule is COC(=O)c1ccc2nc3n(c2c1)[C@@H](C)COC[C@@H]3N1CCC(c2cccc(OCc3ccc(C#N)cc3F)n2)CC1. The lowest BCUT2D eigenvalue weighted by molar-refractivity contribution is 0.0479. The highest BCUT2D eigenvalue weighted by atomic mass is 19.1. The molecule has 9 nitrogen and oxygen atoms in total. The van der Waals surface area contributed by atoms with Gasteiger partial charge in [-0.3, -0.25) is 4.90 Å². The Morgan fingerprint density at radius 2 is 1.95 bits per heavy atom. The van der Waals surface area contributed by atoms with Crippen LogP contribution in [0.4, 0.5) is 4.39 Å². The third-order valence-corrected chi connectivity index (χ3v) is 8.20. The van der Waals surface area contributed by atoms with Crippen LogP contribution in [0, 0.1) is 17.1 Å². The molecule has 0 amide bonds. The van der Waals surface area contributed by atoms with Crippen molar-refractivity contribution in [2.24, 2.45) is 0 Å². The van der Waals surface area contributed by atoms with Gasteiger partial charge in [0.1, 0.15) is 18.2 Å². The van der Waals surface area contributed by atoms with Crippen molar-refractivity contribution in [3.8, 4) is 11.9 Å². The number of hydrogen-bond acceptors (Lipinski definition) is 8. The summed E-state index contributed by atoms with van der Waals surface area (Å²) in [6.45, 7) is 4.97. The topological polar surface area (TPSA) is 102 Å². The van der Waals surface area contributed by atoms with Gasteiger partial charge in [-0.05, 0) is 69.3 Å². The van der Waals surface area contributed by atoms with Crippen LogP contribution in [0.15, 0.2) is 54.6 Å². The molecule has 10 heteroatoms. The molecule has 0 saturated carbocycles. The largest absolute Gasteiger partial charge is 0.473 e. The molecule has 42 heavy (non-hydrogen) atoms. The van der Waals surface area contributed by atoms with Gasteiger partial charge >= 0.3 is 5.97 Å². The molecule has 1 saturated heterocycles. The summed E-state index contributed by atoms with van der Waals surface area (Å²) in [5.41, 5.74) is 3.88. The maximum Gasteiger partial charge on any atom is 0.337 e. The van der Waals surface area contributed by atoms with Gasteiger partial charge in [0, 0.05) is 23.2 Å². The van der Waals surface area contributed by atoms with Crippen molar-refractivity contribution in [1.82, 2.24) is 19.4 Å². The third kappa shape index (κ3) is 5.45. The van der Waals surface area contributed by atoms with Crippen molar-refractivity contribution in [1.29, 1.82) is 5.26 Å². The summed E-state index contributed by atoms with van der Waals surface area (Å²) in [5.74, 6) is 0.840. The van der Waals surface area contributed by atoms with E-state index in [-0.39, 0.29) is 36.1 Å². The fourth-order valence-electron chi connectivity index (χ4n) is 5.95. The molecule has 2 aliphatic heterocycles. The number of benzene rings is 2. The summed E-state index contributed by atoms with van der Waals surface area (Å²) in [7, 11) is 1.39. The molecule has 0 N–H and O–H groups in total. The lowest BCUT2D eigenvalue weighted by Crippen LogP contribution is -2.38. The van der Waals surface area contributed by atoms with Crippen LogP contribution in [-0.2, 0) is 16.1 Å². The number of halogens is 1. The van der Waals surface area contributed by atoms with E-state index in [1.165, 1.54) is 13.2 Å². The number of imidazole rings is 1. The molecule has 0 bridgehead atoms. The van der Waals surface area contributed by atoms with Crippen LogP contribution in [-0.4, -0.2) is 58.8 Å². The predicted octanol–water partition coefficient (Wildman–Crippen LogP) is 5.32. The molecular formula is C32H32FN5O4. The Morgan fingerprint density at radius 1 is 1.12 bits per heavy atom. The normalized spacial score (nSPS) is 19.6. The molecule has 4 heterocycles. The van der Waals surface area contributed by atoms with Gasteiger partial charge in [-0.15, -0.1) is 0 Å². The van der Waals surface area contributed by atoms with Gasteiger partial charge in [0.15, 0.2) is 0 Å². The van der Waals surface area contributed by atoms with Crippen LogP contribution >= 0.6 is 0 Å². The maximum atomic E-state index is 14.3. The highest BCUT2D eigenvalue weighted by Gasteiger charge is 2.34. The summed E-state index contributed by atoms with van der Waals surface area (Å²) >= 11 is 0. The number of nitriles is 1. The van der Waals surface area contributed by atoms with Crippen LogP contribution < -0.4 is 4.74 Å². The first-order valence-electron chi connectivity index (χ1n) is 14.2. The summed E-state index contributed by atoms with van der Waals surface area (Å²) in [5, 5.41) is 8.95. The molecule has 216 valence electrons. The van der Waals surface area contributed by atoms with Crippen molar-refractivity contribution < 1.29 is 23.4 Å². The monoisotopic (exact) mass is 569 g/mol. The fraction of sp³-hybridized carbons (Fsp3) is 0.375. The Bertz CT molecular complexity index is 1660. The molecule has 0 spiro atoms. The summed E-state index contributed by atoms with van der Waals surface area (Å²) in [4.78, 5) is 24.4. The third-order valence-electron chi connectivity index (χ3n) is 8.20. The maximum absolute atomic E-state index is 14.3. The average Bonchev–Trinajstić information content (AvgIpc) is 3.32. The molecule has 4 aromatic rings. The zero-order valence-electron chi connectivity index (χ0n) is 23.6. The molecular weight excluding hydrogens is 537 g/mol. The van der Waals surface area contributed by atoms with Gasteiger partial charge in [0.25, 0.3) is 0 Å². The van der Waals surface area contributed by atoms with Gasteiger partial charge in [-0.1, -0.05) is 12.1 Å². The van der Waals surface area contributed by atoms with Crippen molar-refractivity contribution in [2.75, 3.05) is 33.4 Å². The first kappa shape index (κ1) is 27.8. The van der Waals surface area contributed by atoms with E-state index >= 15 is 0 Å². The molecule has 0 unspecified atom stereocenters. The summed E-state index contributed by atoms with van der Waals surface area (Å²) < 4.78 is 33.3. The number of carbonyl (C=O) groups is 1. The molecule has 1 fully saturated rings. The predicted molar refractivity (Wildman–Crippen MR) is 153 cm³/mol. The lowest BCUT2D eigenvalue weighted by atomic mass is 9.92. The van der Waals surface area contributed by atoms with E-state index in [1.54, 1.807) is 24.3 Å². The first-order valence-corrected chi connectivity index (χ1v) is 14.2. The molecule has 2 atom stereocenters. The van der Waals surface area contributed by atoms with Crippen LogP contribution in [0.3, 0.4) is 0 Å². The molecule has 2 aliphatic rings. The molecule has 0 radical (unpaired) electrons. The van der Waals surface area contributed by atoms with Gasteiger partial charge in [-0.25, -0.2) is 19.2 Å². The van der Waals surface area contributed by atoms with Crippen molar-refractivity contribution in [2.45, 2.75) is 44.4 Å². The van der Waals surface area contributed by atoms with Gasteiger partial charge < -0.3 is 18.8 Å². The number of methoxy groups -OCH3 is 1. The Labute approximate surface area is 243 Å². The van der Waals surface area contributed by atoms with Crippen LogP contribution in [0.2, 0.25) is 0 Å². The molecule has 2 aromatic carbocycles. The number of ether oxygens (including phenoxy) is 3. The Morgan fingerprint density at radius 3 is 2.71 bits per heavy atom. The number of hydrogen-bond donors (Lipinski definition) is 0.